The fraction of sp³-hybridized carbons (Fsp3) is 0.200. The van der Waals surface area contributed by atoms with Crippen molar-refractivity contribution in [1.29, 1.82) is 0 Å². The van der Waals surface area contributed by atoms with E-state index in [-0.39, 0.29) is 5.76 Å². The lowest BCUT2D eigenvalue weighted by atomic mass is 10.2. The first kappa shape index (κ1) is 13.8. The standard InChI is InChI=1S/C15H14N2O3S/c1-8-3-4-11-12(5-8)17-15(16-11)21-7-10-6-13(14(18)19)20-9(10)2/h3-6H,7H2,1-2H3,(H,16,17)(H,18,19). The average Bonchev–Trinajstić information content (AvgIpc) is 2.99. The second kappa shape index (κ2) is 5.29. The molecule has 0 fully saturated rings. The Morgan fingerprint density at radius 2 is 2.19 bits per heavy atom. The van der Waals surface area contributed by atoms with Crippen molar-refractivity contribution in [2.45, 2.75) is 24.8 Å². The number of nitrogens with one attached hydrogen (secondary N) is 1. The SMILES string of the molecule is Cc1ccc2nc(SCc3cc(C(=O)O)oc3C)[nH]c2c1. The molecular weight excluding hydrogens is 288 g/mol. The molecular formula is C15H14N2O3S. The van der Waals surface area contributed by atoms with Gasteiger partial charge in [0.1, 0.15) is 5.76 Å². The van der Waals surface area contributed by atoms with Crippen LogP contribution in [0.2, 0.25) is 0 Å². The number of benzene rings is 1. The van der Waals surface area contributed by atoms with Gasteiger partial charge in [0.05, 0.1) is 11.0 Å². The quantitative estimate of drug-likeness (QED) is 0.717. The molecule has 2 heterocycles. The number of carboxylic acid groups (broad SMARTS) is 1. The van der Waals surface area contributed by atoms with Crippen molar-refractivity contribution in [3.8, 4) is 0 Å². The molecule has 2 N–H and O–H groups in total. The molecule has 0 saturated heterocycles. The summed E-state index contributed by atoms with van der Waals surface area (Å²) in [5.41, 5.74) is 3.99. The first-order chi connectivity index (χ1) is 10.0. The van der Waals surface area contributed by atoms with Crippen LogP contribution in [0.15, 0.2) is 33.8 Å². The van der Waals surface area contributed by atoms with E-state index in [4.69, 9.17) is 9.52 Å². The Hall–Kier alpha value is -2.21. The average molecular weight is 302 g/mol. The second-order valence-electron chi connectivity index (χ2n) is 4.85. The molecule has 5 nitrogen and oxygen atoms in total. The van der Waals surface area contributed by atoms with Crippen molar-refractivity contribution in [3.63, 3.8) is 0 Å². The minimum atomic E-state index is -1.05. The fourth-order valence-corrected chi connectivity index (χ4v) is 3.01. The molecule has 0 aliphatic heterocycles. The second-order valence-corrected chi connectivity index (χ2v) is 5.81. The Balaban J connectivity index is 1.78. The van der Waals surface area contributed by atoms with Crippen LogP contribution in [0.25, 0.3) is 11.0 Å². The highest BCUT2D eigenvalue weighted by Gasteiger charge is 2.14. The minimum Gasteiger partial charge on any atom is -0.475 e. The van der Waals surface area contributed by atoms with Crippen LogP contribution in [0.1, 0.15) is 27.4 Å². The number of hydrogen-bond donors (Lipinski definition) is 2. The summed E-state index contributed by atoms with van der Waals surface area (Å²) in [6.45, 7) is 3.81. The predicted octanol–water partition coefficient (Wildman–Crippen LogP) is 3.76. The maximum atomic E-state index is 10.9. The van der Waals surface area contributed by atoms with Gasteiger partial charge in [-0.3, -0.25) is 0 Å². The molecule has 1 aromatic carbocycles. The zero-order valence-corrected chi connectivity index (χ0v) is 12.5. The zero-order chi connectivity index (χ0) is 15.0. The van der Waals surface area contributed by atoms with Gasteiger partial charge in [0.2, 0.25) is 5.76 Å². The van der Waals surface area contributed by atoms with Gasteiger partial charge in [-0.1, -0.05) is 17.8 Å². The normalized spacial score (nSPS) is 11.1. The number of hydrogen-bond acceptors (Lipinski definition) is 4. The molecule has 3 rings (SSSR count). The molecule has 0 atom stereocenters. The molecule has 0 amide bonds. The number of furan rings is 1. The molecule has 0 unspecified atom stereocenters. The van der Waals surface area contributed by atoms with E-state index < -0.39 is 5.97 Å². The summed E-state index contributed by atoms with van der Waals surface area (Å²) in [7, 11) is 0. The predicted molar refractivity (Wildman–Crippen MR) is 80.8 cm³/mol. The molecule has 0 aliphatic carbocycles. The molecule has 0 radical (unpaired) electrons. The third-order valence-electron chi connectivity index (χ3n) is 3.21. The number of aromatic carboxylic acids is 1. The lowest BCUT2D eigenvalue weighted by molar-refractivity contribution is 0.0661. The Labute approximate surface area is 125 Å². The van der Waals surface area contributed by atoms with E-state index in [1.165, 1.54) is 17.3 Å². The van der Waals surface area contributed by atoms with E-state index in [0.717, 1.165) is 21.8 Å². The number of aromatic amines is 1. The van der Waals surface area contributed by atoms with Crippen LogP contribution in [0.4, 0.5) is 0 Å². The van der Waals surface area contributed by atoms with Gasteiger partial charge in [-0.05, 0) is 37.6 Å². The minimum absolute atomic E-state index is 0.0247. The third-order valence-corrected chi connectivity index (χ3v) is 4.13. The highest BCUT2D eigenvalue weighted by molar-refractivity contribution is 7.98. The lowest BCUT2D eigenvalue weighted by Gasteiger charge is -1.95. The number of aryl methyl sites for hydroxylation is 2. The fourth-order valence-electron chi connectivity index (χ4n) is 2.08. The zero-order valence-electron chi connectivity index (χ0n) is 11.6. The van der Waals surface area contributed by atoms with E-state index in [0.29, 0.717) is 11.5 Å². The van der Waals surface area contributed by atoms with E-state index in [2.05, 4.69) is 16.0 Å². The monoisotopic (exact) mass is 302 g/mol. The molecule has 0 spiro atoms. The molecule has 108 valence electrons. The van der Waals surface area contributed by atoms with Crippen LogP contribution < -0.4 is 0 Å². The van der Waals surface area contributed by atoms with E-state index in [1.807, 2.05) is 19.1 Å². The molecule has 3 aromatic rings. The van der Waals surface area contributed by atoms with Gasteiger partial charge in [0, 0.05) is 11.3 Å². The van der Waals surface area contributed by atoms with Gasteiger partial charge in [0.15, 0.2) is 5.16 Å². The number of aromatic nitrogens is 2. The Kier molecular flexibility index (Phi) is 3.47. The largest absolute Gasteiger partial charge is 0.475 e. The van der Waals surface area contributed by atoms with Gasteiger partial charge < -0.3 is 14.5 Å². The summed E-state index contributed by atoms with van der Waals surface area (Å²) < 4.78 is 5.20. The number of imidazole rings is 1. The number of H-pyrrole nitrogens is 1. The van der Waals surface area contributed by atoms with Crippen molar-refractivity contribution in [2.24, 2.45) is 0 Å². The summed E-state index contributed by atoms with van der Waals surface area (Å²) >= 11 is 1.52. The Bertz CT molecular complexity index is 820. The topological polar surface area (TPSA) is 79.1 Å². The van der Waals surface area contributed by atoms with Crippen molar-refractivity contribution in [3.05, 3.63) is 46.9 Å². The number of rotatable bonds is 4. The number of carboxylic acids is 1. The van der Waals surface area contributed by atoms with Crippen LogP contribution in [0.3, 0.4) is 0 Å². The highest BCUT2D eigenvalue weighted by atomic mass is 32.2. The Morgan fingerprint density at radius 3 is 2.90 bits per heavy atom. The van der Waals surface area contributed by atoms with Crippen LogP contribution in [-0.2, 0) is 5.75 Å². The van der Waals surface area contributed by atoms with E-state index in [1.54, 1.807) is 13.0 Å². The van der Waals surface area contributed by atoms with Gasteiger partial charge in [-0.25, -0.2) is 9.78 Å². The summed E-state index contributed by atoms with van der Waals surface area (Å²) in [6.07, 6.45) is 0. The molecule has 2 aromatic heterocycles. The molecule has 21 heavy (non-hydrogen) atoms. The molecule has 0 aliphatic rings. The van der Waals surface area contributed by atoms with Crippen LogP contribution >= 0.6 is 11.8 Å². The maximum absolute atomic E-state index is 10.9. The summed E-state index contributed by atoms with van der Waals surface area (Å²) in [5.74, 6) is 0.172. The molecule has 6 heteroatoms. The van der Waals surface area contributed by atoms with Crippen molar-refractivity contribution < 1.29 is 14.3 Å². The summed E-state index contributed by atoms with van der Waals surface area (Å²) in [6, 6.07) is 7.63. The summed E-state index contributed by atoms with van der Waals surface area (Å²) in [5, 5.41) is 9.72. The van der Waals surface area contributed by atoms with Crippen LogP contribution in [0, 0.1) is 13.8 Å². The first-order valence-corrected chi connectivity index (χ1v) is 7.43. The van der Waals surface area contributed by atoms with Gasteiger partial charge in [-0.2, -0.15) is 0 Å². The van der Waals surface area contributed by atoms with E-state index in [9.17, 15) is 4.79 Å². The maximum Gasteiger partial charge on any atom is 0.371 e. The summed E-state index contributed by atoms with van der Waals surface area (Å²) in [4.78, 5) is 18.6. The van der Waals surface area contributed by atoms with E-state index >= 15 is 0 Å². The Morgan fingerprint density at radius 1 is 1.38 bits per heavy atom. The number of carbonyl (C=O) groups is 1. The number of thioether (sulfide) groups is 1. The smallest absolute Gasteiger partial charge is 0.371 e. The molecule has 0 bridgehead atoms. The number of fused-ring (bicyclic) bond motifs is 1. The van der Waals surface area contributed by atoms with Crippen molar-refractivity contribution >= 4 is 28.8 Å². The first-order valence-electron chi connectivity index (χ1n) is 6.44. The molecule has 0 saturated carbocycles. The van der Waals surface area contributed by atoms with Crippen LogP contribution in [0.5, 0.6) is 0 Å². The van der Waals surface area contributed by atoms with Crippen LogP contribution in [-0.4, -0.2) is 21.0 Å². The van der Waals surface area contributed by atoms with Gasteiger partial charge in [0.25, 0.3) is 0 Å². The van der Waals surface area contributed by atoms with Crippen molar-refractivity contribution in [2.75, 3.05) is 0 Å². The van der Waals surface area contributed by atoms with Gasteiger partial charge in [-0.15, -0.1) is 0 Å². The lowest BCUT2D eigenvalue weighted by Crippen LogP contribution is -1.91. The highest BCUT2D eigenvalue weighted by Crippen LogP contribution is 2.26. The third kappa shape index (κ3) is 2.80. The number of nitrogens with zero attached hydrogens (tertiary/aromatic N) is 1. The van der Waals surface area contributed by atoms with Gasteiger partial charge >= 0.3 is 5.97 Å². The van der Waals surface area contributed by atoms with Crippen molar-refractivity contribution in [1.82, 2.24) is 9.97 Å².